The number of unbranched alkanes of at least 4 members (excludes halogenated alkanes) is 1. The molecule has 4 rings (SSSR count). The molecular weight excluding hydrogens is 410 g/mol. The summed E-state index contributed by atoms with van der Waals surface area (Å²) >= 11 is 0. The summed E-state index contributed by atoms with van der Waals surface area (Å²) in [5.41, 5.74) is 8.09. The number of piperazine rings is 1. The molecule has 0 aliphatic carbocycles. The van der Waals surface area contributed by atoms with Crippen molar-refractivity contribution in [1.82, 2.24) is 9.80 Å². The van der Waals surface area contributed by atoms with Gasteiger partial charge in [-0.15, -0.1) is 0 Å². The molecule has 2 aliphatic rings. The van der Waals surface area contributed by atoms with Crippen LogP contribution in [0, 0.1) is 27.7 Å². The summed E-state index contributed by atoms with van der Waals surface area (Å²) in [6.45, 7) is 14.0. The third-order valence-electron chi connectivity index (χ3n) is 7.04. The lowest BCUT2D eigenvalue weighted by molar-refractivity contribution is -0.137. The molecule has 2 aromatic rings. The maximum Gasteiger partial charge on any atom is 0.277 e. The highest BCUT2D eigenvalue weighted by atomic mass is 16.2. The topological polar surface area (TPSA) is 43.9 Å². The number of imide groups is 1. The third-order valence-corrected chi connectivity index (χ3v) is 7.04. The van der Waals surface area contributed by atoms with Crippen molar-refractivity contribution < 1.29 is 9.59 Å². The summed E-state index contributed by atoms with van der Waals surface area (Å²) in [5.74, 6) is -0.282. The lowest BCUT2D eigenvalue weighted by Gasteiger charge is -2.38. The van der Waals surface area contributed by atoms with Gasteiger partial charge in [0.05, 0.1) is 5.57 Å². The molecule has 1 saturated heterocycles. The van der Waals surface area contributed by atoms with Gasteiger partial charge in [0.15, 0.2) is 0 Å². The highest BCUT2D eigenvalue weighted by Gasteiger charge is 2.42. The Hall–Kier alpha value is -3.08. The van der Waals surface area contributed by atoms with Crippen molar-refractivity contribution in [3.63, 3.8) is 0 Å². The van der Waals surface area contributed by atoms with E-state index in [0.29, 0.717) is 17.8 Å². The van der Waals surface area contributed by atoms with E-state index in [1.54, 1.807) is 0 Å². The Morgan fingerprint density at radius 1 is 0.818 bits per heavy atom. The van der Waals surface area contributed by atoms with Crippen LogP contribution in [0.15, 0.2) is 42.1 Å². The van der Waals surface area contributed by atoms with E-state index in [1.807, 2.05) is 26.0 Å². The monoisotopic (exact) mass is 445 g/mol. The number of hydrogen-bond acceptors (Lipinski definition) is 4. The van der Waals surface area contributed by atoms with Gasteiger partial charge in [0, 0.05) is 38.4 Å². The van der Waals surface area contributed by atoms with Gasteiger partial charge in [0.1, 0.15) is 5.70 Å². The standard InChI is InChI=1S/C28H35N3O2/c1-6-7-13-31-27(32)25(23-12-11-19(2)18-21(23)4)26(28(31)33)30-16-14-29(15-17-30)24-10-8-9-20(3)22(24)5/h8-12,18H,6-7,13-17H2,1-5H3. The number of carbonyl (C=O) groups is 2. The van der Waals surface area contributed by atoms with E-state index < -0.39 is 0 Å². The first kappa shape index (κ1) is 23.1. The minimum Gasteiger partial charge on any atom is -0.368 e. The average molecular weight is 446 g/mol. The van der Waals surface area contributed by atoms with Crippen LogP contribution in [0.3, 0.4) is 0 Å². The second kappa shape index (κ2) is 9.42. The number of aryl methyl sites for hydroxylation is 3. The van der Waals surface area contributed by atoms with Gasteiger partial charge in [-0.2, -0.15) is 0 Å². The van der Waals surface area contributed by atoms with Crippen molar-refractivity contribution in [2.45, 2.75) is 47.5 Å². The maximum absolute atomic E-state index is 13.5. The zero-order valence-electron chi connectivity index (χ0n) is 20.6. The van der Waals surface area contributed by atoms with Crippen molar-refractivity contribution in [2.24, 2.45) is 0 Å². The van der Waals surface area contributed by atoms with Crippen LogP contribution >= 0.6 is 0 Å². The number of hydrogen-bond donors (Lipinski definition) is 0. The molecule has 0 spiro atoms. The fraction of sp³-hybridized carbons (Fsp3) is 0.429. The number of anilines is 1. The smallest absolute Gasteiger partial charge is 0.277 e. The van der Waals surface area contributed by atoms with Crippen molar-refractivity contribution in [2.75, 3.05) is 37.6 Å². The second-order valence-electron chi connectivity index (χ2n) is 9.35. The largest absolute Gasteiger partial charge is 0.368 e. The van der Waals surface area contributed by atoms with Crippen LogP contribution in [-0.2, 0) is 9.59 Å². The van der Waals surface area contributed by atoms with Gasteiger partial charge in [0.25, 0.3) is 11.8 Å². The second-order valence-corrected chi connectivity index (χ2v) is 9.35. The van der Waals surface area contributed by atoms with E-state index in [9.17, 15) is 9.59 Å². The highest BCUT2D eigenvalue weighted by Crippen LogP contribution is 2.35. The van der Waals surface area contributed by atoms with Crippen LogP contribution < -0.4 is 4.90 Å². The van der Waals surface area contributed by atoms with Crippen molar-refractivity contribution in [3.8, 4) is 0 Å². The number of nitrogens with zero attached hydrogens (tertiary/aromatic N) is 3. The zero-order chi connectivity index (χ0) is 23.7. The van der Waals surface area contributed by atoms with Gasteiger partial charge in [0.2, 0.25) is 0 Å². The quantitative estimate of drug-likeness (QED) is 0.609. The molecule has 33 heavy (non-hydrogen) atoms. The first-order valence-corrected chi connectivity index (χ1v) is 12.1. The molecule has 0 aromatic heterocycles. The molecule has 1 fully saturated rings. The van der Waals surface area contributed by atoms with Crippen molar-refractivity contribution in [3.05, 3.63) is 69.9 Å². The molecule has 5 heteroatoms. The summed E-state index contributed by atoms with van der Waals surface area (Å²) < 4.78 is 0. The van der Waals surface area contributed by atoms with Gasteiger partial charge in [-0.1, -0.05) is 49.2 Å². The average Bonchev–Trinajstić information content (AvgIpc) is 3.04. The Labute approximate surface area is 197 Å². The van der Waals surface area contributed by atoms with E-state index in [2.05, 4.69) is 54.8 Å². The van der Waals surface area contributed by atoms with Crippen molar-refractivity contribution in [1.29, 1.82) is 0 Å². The molecule has 5 nitrogen and oxygen atoms in total. The number of benzene rings is 2. The van der Waals surface area contributed by atoms with E-state index in [0.717, 1.165) is 55.7 Å². The molecule has 0 bridgehead atoms. The minimum atomic E-state index is -0.146. The molecule has 2 heterocycles. The summed E-state index contributed by atoms with van der Waals surface area (Å²) in [6, 6.07) is 12.5. The summed E-state index contributed by atoms with van der Waals surface area (Å²) in [6.07, 6.45) is 1.77. The molecule has 0 N–H and O–H groups in total. The normalized spacial score (nSPS) is 16.9. The lowest BCUT2D eigenvalue weighted by atomic mass is 9.97. The molecule has 0 radical (unpaired) electrons. The Morgan fingerprint density at radius 3 is 2.18 bits per heavy atom. The summed E-state index contributed by atoms with van der Waals surface area (Å²) in [7, 11) is 0. The Kier molecular flexibility index (Phi) is 6.59. The predicted molar refractivity (Wildman–Crippen MR) is 134 cm³/mol. The van der Waals surface area contributed by atoms with Crippen LogP contribution in [0.4, 0.5) is 5.69 Å². The molecule has 0 saturated carbocycles. The molecule has 2 aliphatic heterocycles. The molecule has 0 atom stereocenters. The fourth-order valence-corrected chi connectivity index (χ4v) is 4.96. The Bertz CT molecular complexity index is 1110. The van der Waals surface area contributed by atoms with Gasteiger partial charge in [-0.3, -0.25) is 14.5 Å². The first-order chi connectivity index (χ1) is 15.8. The van der Waals surface area contributed by atoms with Gasteiger partial charge < -0.3 is 9.80 Å². The molecule has 174 valence electrons. The van der Waals surface area contributed by atoms with E-state index in [1.165, 1.54) is 21.7 Å². The van der Waals surface area contributed by atoms with Crippen LogP contribution in [0.1, 0.15) is 47.6 Å². The fourth-order valence-electron chi connectivity index (χ4n) is 4.96. The minimum absolute atomic E-state index is 0.136. The number of rotatable bonds is 6. The molecule has 0 unspecified atom stereocenters. The van der Waals surface area contributed by atoms with Crippen molar-refractivity contribution >= 4 is 23.1 Å². The summed E-state index contributed by atoms with van der Waals surface area (Å²) in [4.78, 5) is 33.0. The van der Waals surface area contributed by atoms with Gasteiger partial charge in [-0.25, -0.2) is 0 Å². The highest BCUT2D eigenvalue weighted by molar-refractivity contribution is 6.35. The maximum atomic E-state index is 13.5. The SMILES string of the molecule is CCCCN1C(=O)C(c2ccc(C)cc2C)=C(N2CCN(c3cccc(C)c3C)CC2)C1=O. The first-order valence-electron chi connectivity index (χ1n) is 12.1. The third kappa shape index (κ3) is 4.29. The van der Waals surface area contributed by atoms with E-state index in [4.69, 9.17) is 0 Å². The van der Waals surface area contributed by atoms with Crippen LogP contribution in [0.5, 0.6) is 0 Å². The van der Waals surface area contributed by atoms with E-state index in [-0.39, 0.29) is 11.8 Å². The zero-order valence-corrected chi connectivity index (χ0v) is 20.6. The lowest BCUT2D eigenvalue weighted by Crippen LogP contribution is -2.48. The molecule has 2 aromatic carbocycles. The molecule has 2 amide bonds. The summed E-state index contributed by atoms with van der Waals surface area (Å²) in [5, 5.41) is 0. The van der Waals surface area contributed by atoms with Gasteiger partial charge >= 0.3 is 0 Å². The Morgan fingerprint density at radius 2 is 1.52 bits per heavy atom. The number of amides is 2. The molecular formula is C28H35N3O2. The van der Waals surface area contributed by atoms with Crippen LogP contribution in [0.25, 0.3) is 5.57 Å². The predicted octanol–water partition coefficient (Wildman–Crippen LogP) is 4.62. The van der Waals surface area contributed by atoms with Crippen LogP contribution in [0.2, 0.25) is 0 Å². The van der Waals surface area contributed by atoms with E-state index >= 15 is 0 Å². The Balaban J connectivity index is 1.66. The van der Waals surface area contributed by atoms with Crippen LogP contribution in [-0.4, -0.2) is 54.3 Å². The van der Waals surface area contributed by atoms with Gasteiger partial charge in [-0.05, 0) is 62.4 Å². The number of carbonyl (C=O) groups excluding carboxylic acids is 2.